The number of halogens is 5. The van der Waals surface area contributed by atoms with Gasteiger partial charge in [0.1, 0.15) is 5.54 Å². The van der Waals surface area contributed by atoms with Gasteiger partial charge in [0, 0.05) is 0 Å². The summed E-state index contributed by atoms with van der Waals surface area (Å²) in [5, 5.41) is 1.22. The third-order valence-corrected chi connectivity index (χ3v) is 1.68. The van der Waals surface area contributed by atoms with Gasteiger partial charge in [0.2, 0.25) is 5.91 Å². The van der Waals surface area contributed by atoms with Gasteiger partial charge in [-0.2, -0.15) is 22.0 Å². The quantitative estimate of drug-likeness (QED) is 0.716. The average Bonchev–Trinajstić information content (AvgIpc) is 2.00. The molecule has 0 aliphatic carbocycles. The number of hydrogen-bond donors (Lipinski definition) is 2. The molecule has 4 nitrogen and oxygen atoms in total. The second kappa shape index (κ2) is 3.87. The molecule has 0 aromatic carbocycles. The van der Waals surface area contributed by atoms with E-state index in [9.17, 15) is 31.5 Å². The molecule has 0 bridgehead atoms. The van der Waals surface area contributed by atoms with Gasteiger partial charge >= 0.3 is 18.0 Å². The summed E-state index contributed by atoms with van der Waals surface area (Å²) in [6, 6.07) is 0. The van der Waals surface area contributed by atoms with E-state index in [1.165, 1.54) is 5.32 Å². The molecular weight excluding hydrogens is 239 g/mol. The van der Waals surface area contributed by atoms with Crippen molar-refractivity contribution >= 4 is 11.8 Å². The summed E-state index contributed by atoms with van der Waals surface area (Å²) >= 11 is 0. The Morgan fingerprint density at radius 3 is 1.69 bits per heavy atom. The predicted molar refractivity (Wildman–Crippen MR) is 42.4 cm³/mol. The number of carbonyl (C=O) groups excluding carboxylic acids is 2. The second-order valence-electron chi connectivity index (χ2n) is 3.52. The van der Waals surface area contributed by atoms with Crippen molar-refractivity contribution < 1.29 is 31.5 Å². The molecule has 0 aliphatic heterocycles. The molecule has 94 valence electrons. The van der Waals surface area contributed by atoms with Gasteiger partial charge in [0.15, 0.2) is 0 Å². The molecule has 0 atom stereocenters. The van der Waals surface area contributed by atoms with Crippen LogP contribution in [0.15, 0.2) is 0 Å². The molecule has 16 heavy (non-hydrogen) atoms. The summed E-state index contributed by atoms with van der Waals surface area (Å²) in [7, 11) is 0. The Morgan fingerprint density at radius 1 is 1.06 bits per heavy atom. The van der Waals surface area contributed by atoms with Crippen LogP contribution in [0, 0.1) is 0 Å². The number of nitrogens with one attached hydrogen (secondary N) is 1. The molecule has 0 radical (unpaired) electrons. The summed E-state index contributed by atoms with van der Waals surface area (Å²) in [6.07, 6.45) is -6.02. The Kier molecular flexibility index (Phi) is 3.53. The lowest BCUT2D eigenvalue weighted by atomic mass is 10.0. The smallest absolute Gasteiger partial charge is 0.368 e. The minimum atomic E-state index is -6.02. The summed E-state index contributed by atoms with van der Waals surface area (Å²) in [4.78, 5) is 21.3. The topological polar surface area (TPSA) is 72.2 Å². The molecule has 2 amide bonds. The van der Waals surface area contributed by atoms with Gasteiger partial charge in [-0.3, -0.25) is 9.59 Å². The van der Waals surface area contributed by atoms with E-state index in [2.05, 4.69) is 0 Å². The second-order valence-corrected chi connectivity index (χ2v) is 3.52. The summed E-state index contributed by atoms with van der Waals surface area (Å²) in [5.74, 6) is -9.43. The van der Waals surface area contributed by atoms with E-state index in [1.807, 2.05) is 0 Å². The number of amides is 2. The highest BCUT2D eigenvalue weighted by Crippen LogP contribution is 2.35. The summed E-state index contributed by atoms with van der Waals surface area (Å²) in [5.41, 5.74) is 2.70. The normalized spacial score (nSPS) is 13.4. The van der Waals surface area contributed by atoms with Crippen LogP contribution in [-0.2, 0) is 9.59 Å². The zero-order valence-electron chi connectivity index (χ0n) is 8.28. The van der Waals surface area contributed by atoms with Gasteiger partial charge in [-0.25, -0.2) is 0 Å². The first kappa shape index (κ1) is 14.6. The molecule has 9 heteroatoms. The van der Waals surface area contributed by atoms with Crippen molar-refractivity contribution in [3.8, 4) is 0 Å². The molecule has 0 saturated heterocycles. The van der Waals surface area contributed by atoms with Crippen molar-refractivity contribution in [2.75, 3.05) is 0 Å². The fourth-order valence-electron chi connectivity index (χ4n) is 0.553. The number of nitrogens with two attached hydrogens (primary N) is 1. The molecule has 3 N–H and O–H groups in total. The Labute approximate surface area is 87.0 Å². The molecule has 0 aromatic rings. The van der Waals surface area contributed by atoms with E-state index in [0.29, 0.717) is 0 Å². The molecule has 0 rings (SSSR count). The van der Waals surface area contributed by atoms with Crippen molar-refractivity contribution in [3.63, 3.8) is 0 Å². The number of carbonyl (C=O) groups is 2. The van der Waals surface area contributed by atoms with Crippen LogP contribution in [0.5, 0.6) is 0 Å². The van der Waals surface area contributed by atoms with Crippen LogP contribution >= 0.6 is 0 Å². The lowest BCUT2D eigenvalue weighted by Crippen LogP contribution is -2.60. The highest BCUT2D eigenvalue weighted by Gasteiger charge is 2.64. The highest BCUT2D eigenvalue weighted by molar-refractivity contribution is 5.92. The molecule has 0 saturated carbocycles. The molecule has 0 unspecified atom stereocenters. The van der Waals surface area contributed by atoms with E-state index in [4.69, 9.17) is 5.73 Å². The van der Waals surface area contributed by atoms with Crippen molar-refractivity contribution in [3.05, 3.63) is 0 Å². The lowest BCUT2D eigenvalue weighted by molar-refractivity contribution is -0.270. The Balaban J connectivity index is 4.92. The van der Waals surface area contributed by atoms with Crippen LogP contribution in [0.25, 0.3) is 0 Å². The van der Waals surface area contributed by atoms with Crippen LogP contribution in [0.1, 0.15) is 13.8 Å². The largest absolute Gasteiger partial charge is 0.463 e. The maximum Gasteiger partial charge on any atom is 0.463 e. The van der Waals surface area contributed by atoms with Crippen LogP contribution in [0.4, 0.5) is 22.0 Å². The van der Waals surface area contributed by atoms with E-state index in [0.717, 1.165) is 13.8 Å². The summed E-state index contributed by atoms with van der Waals surface area (Å²) < 4.78 is 60.1. The predicted octanol–water partition coefficient (Wildman–Crippen LogP) is 0.564. The maximum absolute atomic E-state index is 12.4. The van der Waals surface area contributed by atoms with Crippen molar-refractivity contribution in [2.24, 2.45) is 5.73 Å². The number of primary amides is 1. The minimum Gasteiger partial charge on any atom is -0.368 e. The van der Waals surface area contributed by atoms with Gasteiger partial charge in [-0.05, 0) is 13.8 Å². The van der Waals surface area contributed by atoms with Gasteiger partial charge < -0.3 is 11.1 Å². The molecule has 0 aromatic heterocycles. The van der Waals surface area contributed by atoms with Crippen LogP contribution < -0.4 is 11.1 Å². The fourth-order valence-corrected chi connectivity index (χ4v) is 0.553. The summed E-state index contributed by atoms with van der Waals surface area (Å²) in [6.45, 7) is 1.80. The molecule has 0 spiro atoms. The average molecular weight is 248 g/mol. The standard InChI is InChI=1S/C7H9F5N2O2/c1-5(2,3(13)15)14-4(16)6(8,9)7(10,11)12/h1-2H3,(H2,13,15)(H,14,16). The van der Waals surface area contributed by atoms with E-state index < -0.39 is 29.5 Å². The van der Waals surface area contributed by atoms with Gasteiger partial charge in [-0.15, -0.1) is 0 Å². The Bertz CT molecular complexity index is 310. The number of hydrogen-bond acceptors (Lipinski definition) is 2. The van der Waals surface area contributed by atoms with Crippen molar-refractivity contribution in [2.45, 2.75) is 31.5 Å². The zero-order valence-corrected chi connectivity index (χ0v) is 8.28. The first-order valence-corrected chi connectivity index (χ1v) is 3.89. The van der Waals surface area contributed by atoms with Crippen molar-refractivity contribution in [1.29, 1.82) is 0 Å². The molecule has 0 heterocycles. The van der Waals surface area contributed by atoms with Crippen molar-refractivity contribution in [1.82, 2.24) is 5.32 Å². The van der Waals surface area contributed by atoms with E-state index >= 15 is 0 Å². The maximum atomic E-state index is 12.4. The van der Waals surface area contributed by atoms with E-state index in [1.54, 1.807) is 0 Å². The van der Waals surface area contributed by atoms with Gasteiger partial charge in [0.05, 0.1) is 0 Å². The van der Waals surface area contributed by atoms with Gasteiger partial charge in [0.25, 0.3) is 0 Å². The third kappa shape index (κ3) is 2.80. The third-order valence-electron chi connectivity index (χ3n) is 1.68. The molecule has 0 fully saturated rings. The zero-order chi connectivity index (χ0) is 13.4. The SMILES string of the molecule is CC(C)(NC(=O)C(F)(F)C(F)(F)F)C(N)=O. The van der Waals surface area contributed by atoms with Gasteiger partial charge in [-0.1, -0.05) is 0 Å². The van der Waals surface area contributed by atoms with Crippen LogP contribution in [0.2, 0.25) is 0 Å². The van der Waals surface area contributed by atoms with Crippen LogP contribution in [0.3, 0.4) is 0 Å². The monoisotopic (exact) mass is 248 g/mol. The first-order valence-electron chi connectivity index (χ1n) is 3.89. The Hall–Kier alpha value is -1.41. The first-order chi connectivity index (χ1) is 6.82. The molecular formula is C7H9F5N2O2. The number of alkyl halides is 5. The van der Waals surface area contributed by atoms with E-state index in [-0.39, 0.29) is 0 Å². The lowest BCUT2D eigenvalue weighted by Gasteiger charge is -2.26. The Morgan fingerprint density at radius 2 is 1.44 bits per heavy atom. The highest BCUT2D eigenvalue weighted by atomic mass is 19.4. The molecule has 0 aliphatic rings. The number of rotatable bonds is 3. The van der Waals surface area contributed by atoms with Crippen LogP contribution in [-0.4, -0.2) is 29.5 Å². The minimum absolute atomic E-state index is 0.902. The fraction of sp³-hybridized carbons (Fsp3) is 0.714.